The Hall–Kier alpha value is -0.980. The lowest BCUT2D eigenvalue weighted by molar-refractivity contribution is 0.0217. The highest BCUT2D eigenvalue weighted by Gasteiger charge is 2.34. The molecule has 5 nitrogen and oxygen atoms in total. The number of hydrogen-bond donors (Lipinski definition) is 0. The summed E-state index contributed by atoms with van der Waals surface area (Å²) in [5.74, 6) is 0. The van der Waals surface area contributed by atoms with Crippen molar-refractivity contribution in [3.05, 3.63) is 28.2 Å². The third-order valence-corrected chi connectivity index (χ3v) is 6.75. The summed E-state index contributed by atoms with van der Waals surface area (Å²) < 4.78 is 30.8. The van der Waals surface area contributed by atoms with Crippen LogP contribution in [0.5, 0.6) is 0 Å². The average Bonchev–Trinajstić information content (AvgIpc) is 2.48. The fourth-order valence-corrected chi connectivity index (χ4v) is 4.64. The second-order valence-corrected chi connectivity index (χ2v) is 9.83. The summed E-state index contributed by atoms with van der Waals surface area (Å²) >= 11 is 11.8. The van der Waals surface area contributed by atoms with Crippen LogP contribution in [0.3, 0.4) is 0 Å². The number of carbonyl (C=O) groups excluding carboxylic acids is 1. The van der Waals surface area contributed by atoms with Crippen molar-refractivity contribution in [2.24, 2.45) is 0 Å². The lowest BCUT2D eigenvalue weighted by atomic mass is 10.1. The van der Waals surface area contributed by atoms with Gasteiger partial charge in [-0.15, -0.1) is 0 Å². The molecule has 8 heteroatoms. The molecule has 1 heterocycles. The van der Waals surface area contributed by atoms with Crippen LogP contribution in [0.4, 0.5) is 4.79 Å². The molecule has 1 fully saturated rings. The van der Waals surface area contributed by atoms with E-state index in [1.165, 1.54) is 18.2 Å². The molecule has 1 aliphatic rings. The number of ether oxygens (including phenoxy) is 1. The van der Waals surface area contributed by atoms with Gasteiger partial charge in [0.25, 0.3) is 0 Å². The van der Waals surface area contributed by atoms with Crippen LogP contribution in [0.25, 0.3) is 0 Å². The number of hydrogen-bond acceptors (Lipinski definition) is 4. The maximum atomic E-state index is 12.7. The number of benzene rings is 1. The zero-order valence-electron chi connectivity index (χ0n) is 13.9. The van der Waals surface area contributed by atoms with Crippen LogP contribution >= 0.6 is 23.2 Å². The van der Waals surface area contributed by atoms with E-state index in [1.54, 1.807) is 25.7 Å². The highest BCUT2D eigenvalue weighted by atomic mass is 35.5. The van der Waals surface area contributed by atoms with Crippen LogP contribution in [-0.2, 0) is 14.6 Å². The van der Waals surface area contributed by atoms with E-state index in [0.717, 1.165) is 0 Å². The molecule has 0 unspecified atom stereocenters. The predicted molar refractivity (Wildman–Crippen MR) is 94.5 cm³/mol. The summed E-state index contributed by atoms with van der Waals surface area (Å²) in [6.45, 7) is 6.09. The first kappa shape index (κ1) is 19.3. The van der Waals surface area contributed by atoms with E-state index in [2.05, 4.69) is 0 Å². The van der Waals surface area contributed by atoms with E-state index in [0.29, 0.717) is 31.0 Å². The van der Waals surface area contributed by atoms with Gasteiger partial charge in [-0.3, -0.25) is 0 Å². The summed E-state index contributed by atoms with van der Waals surface area (Å²) in [5.41, 5.74) is -0.569. The Morgan fingerprint density at radius 1 is 1.17 bits per heavy atom. The quantitative estimate of drug-likeness (QED) is 0.756. The number of sulfone groups is 1. The van der Waals surface area contributed by atoms with E-state index >= 15 is 0 Å². The molecule has 24 heavy (non-hydrogen) atoms. The first-order valence-electron chi connectivity index (χ1n) is 7.67. The highest BCUT2D eigenvalue weighted by Crippen LogP contribution is 2.30. The normalized spacial score (nSPS) is 17.0. The molecule has 1 aromatic carbocycles. The standard InChI is InChI=1S/C16H21Cl2NO4S/c1-16(2,3)23-15(20)19-8-6-11(7-9-19)24(21,22)12-4-5-13(17)14(18)10-12/h4-5,10-11H,6-9H2,1-3H3. The summed E-state index contributed by atoms with van der Waals surface area (Å²) in [5, 5.41) is -0.0206. The van der Waals surface area contributed by atoms with Crippen molar-refractivity contribution in [3.8, 4) is 0 Å². The van der Waals surface area contributed by atoms with Crippen molar-refractivity contribution in [2.45, 2.75) is 49.4 Å². The number of likely N-dealkylation sites (tertiary alicyclic amines) is 1. The van der Waals surface area contributed by atoms with E-state index in [1.807, 2.05) is 0 Å². The van der Waals surface area contributed by atoms with Crippen LogP contribution in [-0.4, -0.2) is 43.4 Å². The largest absolute Gasteiger partial charge is 0.444 e. The fraction of sp³-hybridized carbons (Fsp3) is 0.562. The molecule has 0 aromatic heterocycles. The number of nitrogens with zero attached hydrogens (tertiary/aromatic N) is 1. The number of halogens is 2. The zero-order valence-corrected chi connectivity index (χ0v) is 16.2. The van der Waals surface area contributed by atoms with Gasteiger partial charge in [0.1, 0.15) is 5.60 Å². The number of piperidine rings is 1. The van der Waals surface area contributed by atoms with Crippen molar-refractivity contribution in [3.63, 3.8) is 0 Å². The molecule has 0 saturated carbocycles. The molecule has 0 bridgehead atoms. The maximum Gasteiger partial charge on any atom is 0.410 e. The predicted octanol–water partition coefficient (Wildman–Crippen LogP) is 4.17. The Morgan fingerprint density at radius 2 is 1.75 bits per heavy atom. The Labute approximate surface area is 152 Å². The van der Waals surface area contributed by atoms with E-state index in [9.17, 15) is 13.2 Å². The topological polar surface area (TPSA) is 63.7 Å². The molecule has 0 N–H and O–H groups in total. The van der Waals surface area contributed by atoms with Crippen LogP contribution in [0.1, 0.15) is 33.6 Å². The minimum absolute atomic E-state index is 0.160. The monoisotopic (exact) mass is 393 g/mol. The minimum atomic E-state index is -3.51. The third-order valence-electron chi connectivity index (χ3n) is 3.75. The zero-order chi connectivity index (χ0) is 18.1. The maximum absolute atomic E-state index is 12.7. The molecule has 1 aliphatic heterocycles. The molecule has 1 aromatic rings. The summed E-state index contributed by atoms with van der Waals surface area (Å²) in [4.78, 5) is 13.8. The van der Waals surface area contributed by atoms with Crippen LogP contribution in [0.15, 0.2) is 23.1 Å². The van der Waals surface area contributed by atoms with Crippen molar-refractivity contribution in [1.82, 2.24) is 4.90 Å². The van der Waals surface area contributed by atoms with Gasteiger partial charge in [0.05, 0.1) is 20.2 Å². The second-order valence-electron chi connectivity index (χ2n) is 6.79. The van der Waals surface area contributed by atoms with Gasteiger partial charge < -0.3 is 9.64 Å². The lowest BCUT2D eigenvalue weighted by Gasteiger charge is -2.33. The van der Waals surface area contributed by atoms with Gasteiger partial charge in [0.2, 0.25) is 0 Å². The van der Waals surface area contributed by atoms with Crippen molar-refractivity contribution >= 4 is 39.1 Å². The molecule has 0 atom stereocenters. The second kappa shape index (κ2) is 7.10. The van der Waals surface area contributed by atoms with Gasteiger partial charge in [0, 0.05) is 13.1 Å². The van der Waals surface area contributed by atoms with Gasteiger partial charge in [0.15, 0.2) is 9.84 Å². The fourth-order valence-electron chi connectivity index (χ4n) is 2.52. The van der Waals surface area contributed by atoms with Gasteiger partial charge in [-0.1, -0.05) is 23.2 Å². The molecular formula is C16H21Cl2NO4S. The van der Waals surface area contributed by atoms with E-state index in [-0.39, 0.29) is 9.92 Å². The van der Waals surface area contributed by atoms with Crippen LogP contribution < -0.4 is 0 Å². The Bertz CT molecular complexity index is 720. The first-order chi connectivity index (χ1) is 11.0. The SMILES string of the molecule is CC(C)(C)OC(=O)N1CCC(S(=O)(=O)c2ccc(Cl)c(Cl)c2)CC1. The van der Waals surface area contributed by atoms with Gasteiger partial charge >= 0.3 is 6.09 Å². The molecule has 2 rings (SSSR count). The summed E-state index contributed by atoms with van der Waals surface area (Å²) in [6, 6.07) is 4.32. The van der Waals surface area contributed by atoms with Crippen LogP contribution in [0.2, 0.25) is 10.0 Å². The molecule has 0 aliphatic carbocycles. The van der Waals surface area contributed by atoms with Crippen molar-refractivity contribution in [2.75, 3.05) is 13.1 Å². The van der Waals surface area contributed by atoms with Gasteiger partial charge in [-0.2, -0.15) is 0 Å². The number of rotatable bonds is 2. The Kier molecular flexibility index (Phi) is 5.72. The molecular weight excluding hydrogens is 373 g/mol. The van der Waals surface area contributed by atoms with E-state index in [4.69, 9.17) is 27.9 Å². The lowest BCUT2D eigenvalue weighted by Crippen LogP contribution is -2.44. The average molecular weight is 394 g/mol. The van der Waals surface area contributed by atoms with Crippen molar-refractivity contribution in [1.29, 1.82) is 0 Å². The highest BCUT2D eigenvalue weighted by molar-refractivity contribution is 7.92. The number of carbonyl (C=O) groups is 1. The summed E-state index contributed by atoms with van der Waals surface area (Å²) in [6.07, 6.45) is 0.316. The third kappa shape index (κ3) is 4.55. The summed E-state index contributed by atoms with van der Waals surface area (Å²) in [7, 11) is -3.51. The van der Waals surface area contributed by atoms with Crippen LogP contribution in [0, 0.1) is 0 Å². The Morgan fingerprint density at radius 3 is 2.25 bits per heavy atom. The number of amides is 1. The molecule has 1 saturated heterocycles. The minimum Gasteiger partial charge on any atom is -0.444 e. The Balaban J connectivity index is 2.05. The van der Waals surface area contributed by atoms with Gasteiger partial charge in [-0.25, -0.2) is 13.2 Å². The molecule has 1 amide bonds. The molecule has 134 valence electrons. The molecule has 0 radical (unpaired) electrons. The molecule has 0 spiro atoms. The smallest absolute Gasteiger partial charge is 0.410 e. The first-order valence-corrected chi connectivity index (χ1v) is 9.98. The van der Waals surface area contributed by atoms with Crippen molar-refractivity contribution < 1.29 is 17.9 Å². The van der Waals surface area contributed by atoms with Gasteiger partial charge in [-0.05, 0) is 51.8 Å². The van der Waals surface area contributed by atoms with E-state index < -0.39 is 26.8 Å².